The van der Waals surface area contributed by atoms with Crippen LogP contribution in [0.3, 0.4) is 0 Å². The summed E-state index contributed by atoms with van der Waals surface area (Å²) >= 11 is 5.79. The number of carboxylic acids is 1. The third-order valence-electron chi connectivity index (χ3n) is 2.75. The van der Waals surface area contributed by atoms with Gasteiger partial charge < -0.3 is 16.2 Å². The number of nitrogen functional groups attached to an aromatic ring is 1. The lowest BCUT2D eigenvalue weighted by Crippen LogP contribution is -2.51. The summed E-state index contributed by atoms with van der Waals surface area (Å²) in [5.74, 6) is -1.61. The number of nitrogens with two attached hydrogens (primary N) is 1. The first-order chi connectivity index (χ1) is 8.28. The molecule has 0 aromatic heterocycles. The van der Waals surface area contributed by atoms with E-state index in [-0.39, 0.29) is 12.0 Å². The second kappa shape index (κ2) is 5.27. The summed E-state index contributed by atoms with van der Waals surface area (Å²) in [5, 5.41) is 11.9. The second-order valence-corrected chi connectivity index (χ2v) is 4.65. The Hall–Kier alpha value is -1.75. The van der Waals surface area contributed by atoms with E-state index in [4.69, 9.17) is 22.4 Å². The lowest BCUT2D eigenvalue weighted by molar-refractivity contribution is -0.143. The summed E-state index contributed by atoms with van der Waals surface area (Å²) in [6, 6.07) is 4.39. The normalized spacial score (nSPS) is 13.7. The average molecular weight is 271 g/mol. The average Bonchev–Trinajstić information content (AvgIpc) is 2.27. The number of carboxylic acid groups (broad SMARTS) is 1. The summed E-state index contributed by atoms with van der Waals surface area (Å²) in [6.07, 6.45) is 0.268. The van der Waals surface area contributed by atoms with Gasteiger partial charge in [0.25, 0.3) is 5.91 Å². The monoisotopic (exact) mass is 270 g/mol. The third-order valence-corrected chi connectivity index (χ3v) is 2.97. The van der Waals surface area contributed by atoms with Crippen molar-refractivity contribution >= 4 is 29.2 Å². The lowest BCUT2D eigenvalue weighted by atomic mass is 9.98. The van der Waals surface area contributed by atoms with Crippen LogP contribution < -0.4 is 11.1 Å². The van der Waals surface area contributed by atoms with Gasteiger partial charge in [0.1, 0.15) is 5.54 Å². The molecule has 0 aliphatic carbocycles. The fraction of sp³-hybridized carbons (Fsp3) is 0.333. The molecule has 0 heterocycles. The van der Waals surface area contributed by atoms with Crippen molar-refractivity contribution in [3.05, 3.63) is 28.8 Å². The maximum absolute atomic E-state index is 11.9. The van der Waals surface area contributed by atoms with Gasteiger partial charge in [0, 0.05) is 16.3 Å². The molecule has 0 saturated carbocycles. The summed E-state index contributed by atoms with van der Waals surface area (Å²) in [6.45, 7) is 3.13. The molecule has 1 atom stereocenters. The van der Waals surface area contributed by atoms with E-state index in [0.717, 1.165) is 0 Å². The van der Waals surface area contributed by atoms with Crippen LogP contribution in [0.1, 0.15) is 30.6 Å². The lowest BCUT2D eigenvalue weighted by Gasteiger charge is -2.24. The van der Waals surface area contributed by atoms with Crippen LogP contribution in [0.2, 0.25) is 5.02 Å². The number of hydrogen-bond acceptors (Lipinski definition) is 3. The van der Waals surface area contributed by atoms with Crippen molar-refractivity contribution in [2.75, 3.05) is 5.73 Å². The number of hydrogen-bond donors (Lipinski definition) is 3. The Balaban J connectivity index is 2.98. The molecule has 1 aromatic carbocycles. The zero-order chi connectivity index (χ0) is 13.9. The maximum atomic E-state index is 11.9. The molecule has 5 nitrogen and oxygen atoms in total. The van der Waals surface area contributed by atoms with Crippen LogP contribution in [-0.4, -0.2) is 22.5 Å². The number of anilines is 1. The zero-order valence-electron chi connectivity index (χ0n) is 10.2. The molecule has 1 aromatic rings. The fourth-order valence-corrected chi connectivity index (χ4v) is 1.60. The minimum atomic E-state index is -1.31. The van der Waals surface area contributed by atoms with Crippen molar-refractivity contribution in [2.45, 2.75) is 25.8 Å². The van der Waals surface area contributed by atoms with Crippen molar-refractivity contribution < 1.29 is 14.7 Å². The molecule has 0 bridgehead atoms. The van der Waals surface area contributed by atoms with Crippen LogP contribution >= 0.6 is 11.6 Å². The van der Waals surface area contributed by atoms with E-state index in [1.165, 1.54) is 25.1 Å². The summed E-state index contributed by atoms with van der Waals surface area (Å²) in [5.41, 5.74) is 4.85. The van der Waals surface area contributed by atoms with Gasteiger partial charge in [-0.1, -0.05) is 18.5 Å². The Bertz CT molecular complexity index is 470. The highest BCUT2D eigenvalue weighted by molar-refractivity contribution is 6.31. The van der Waals surface area contributed by atoms with Gasteiger partial charge in [-0.3, -0.25) is 4.79 Å². The topological polar surface area (TPSA) is 92.4 Å². The number of halogens is 1. The molecule has 98 valence electrons. The molecule has 1 rings (SSSR count). The maximum Gasteiger partial charge on any atom is 0.329 e. The third kappa shape index (κ3) is 3.13. The van der Waals surface area contributed by atoms with Gasteiger partial charge in [-0.15, -0.1) is 0 Å². The number of amides is 1. The Morgan fingerprint density at radius 1 is 1.44 bits per heavy atom. The number of aliphatic carboxylic acids is 1. The van der Waals surface area contributed by atoms with Crippen LogP contribution in [0, 0.1) is 0 Å². The van der Waals surface area contributed by atoms with Crippen LogP contribution in [0.15, 0.2) is 18.2 Å². The van der Waals surface area contributed by atoms with Crippen molar-refractivity contribution in [2.24, 2.45) is 0 Å². The molecule has 1 amide bonds. The van der Waals surface area contributed by atoms with E-state index < -0.39 is 17.4 Å². The number of carbonyl (C=O) groups is 2. The quantitative estimate of drug-likeness (QED) is 0.729. The molecule has 6 heteroatoms. The summed E-state index contributed by atoms with van der Waals surface area (Å²) < 4.78 is 0. The van der Waals surface area contributed by atoms with Gasteiger partial charge in [-0.25, -0.2) is 4.79 Å². The van der Waals surface area contributed by atoms with E-state index >= 15 is 0 Å². The number of nitrogens with one attached hydrogen (secondary N) is 1. The highest BCUT2D eigenvalue weighted by atomic mass is 35.5. The molecular formula is C12H15ClN2O3. The molecule has 0 aliphatic rings. The number of benzene rings is 1. The summed E-state index contributed by atoms with van der Waals surface area (Å²) in [4.78, 5) is 23.0. The van der Waals surface area contributed by atoms with Gasteiger partial charge in [0.2, 0.25) is 0 Å². The highest BCUT2D eigenvalue weighted by Gasteiger charge is 2.33. The molecular weight excluding hydrogens is 256 g/mol. The van der Waals surface area contributed by atoms with E-state index in [9.17, 15) is 9.59 Å². The van der Waals surface area contributed by atoms with Crippen molar-refractivity contribution in [1.29, 1.82) is 0 Å². The van der Waals surface area contributed by atoms with Crippen LogP contribution in [0.5, 0.6) is 0 Å². The van der Waals surface area contributed by atoms with E-state index in [1.807, 2.05) is 0 Å². The summed E-state index contributed by atoms with van der Waals surface area (Å²) in [7, 11) is 0. The van der Waals surface area contributed by atoms with Gasteiger partial charge >= 0.3 is 5.97 Å². The first kappa shape index (κ1) is 14.3. The van der Waals surface area contributed by atoms with Gasteiger partial charge in [-0.2, -0.15) is 0 Å². The first-order valence-electron chi connectivity index (χ1n) is 5.40. The Kier molecular flexibility index (Phi) is 4.19. The number of rotatable bonds is 4. The van der Waals surface area contributed by atoms with Crippen molar-refractivity contribution in [3.63, 3.8) is 0 Å². The second-order valence-electron chi connectivity index (χ2n) is 4.22. The van der Waals surface area contributed by atoms with Crippen LogP contribution in [-0.2, 0) is 4.79 Å². The smallest absolute Gasteiger partial charge is 0.329 e. The fourth-order valence-electron chi connectivity index (χ4n) is 1.36. The predicted molar refractivity (Wildman–Crippen MR) is 69.7 cm³/mol. The standard InChI is InChI=1S/C12H15ClN2O3/c1-3-12(2,11(17)18)15-10(16)7-4-8(13)6-9(14)5-7/h4-6H,3,14H2,1-2H3,(H,15,16)(H,17,18). The molecule has 0 saturated heterocycles. The van der Waals surface area contributed by atoms with Gasteiger partial charge in [0.15, 0.2) is 0 Å². The molecule has 0 aliphatic heterocycles. The van der Waals surface area contributed by atoms with Crippen molar-refractivity contribution in [3.8, 4) is 0 Å². The van der Waals surface area contributed by atoms with E-state index in [2.05, 4.69) is 5.32 Å². The van der Waals surface area contributed by atoms with Gasteiger partial charge in [0.05, 0.1) is 0 Å². The molecule has 0 radical (unpaired) electrons. The van der Waals surface area contributed by atoms with Crippen molar-refractivity contribution in [1.82, 2.24) is 5.32 Å². The Morgan fingerprint density at radius 2 is 2.06 bits per heavy atom. The highest BCUT2D eigenvalue weighted by Crippen LogP contribution is 2.18. The van der Waals surface area contributed by atoms with E-state index in [0.29, 0.717) is 10.7 Å². The molecule has 18 heavy (non-hydrogen) atoms. The zero-order valence-corrected chi connectivity index (χ0v) is 10.9. The molecule has 1 unspecified atom stereocenters. The van der Waals surface area contributed by atoms with Gasteiger partial charge in [-0.05, 0) is 31.5 Å². The largest absolute Gasteiger partial charge is 0.480 e. The Labute approximate surface area is 110 Å². The minimum Gasteiger partial charge on any atom is -0.480 e. The predicted octanol–water partition coefficient (Wildman–Crippen LogP) is 1.91. The van der Waals surface area contributed by atoms with E-state index in [1.54, 1.807) is 6.92 Å². The SMILES string of the molecule is CCC(C)(NC(=O)c1cc(N)cc(Cl)c1)C(=O)O. The minimum absolute atomic E-state index is 0.237. The molecule has 4 N–H and O–H groups in total. The Morgan fingerprint density at radius 3 is 2.50 bits per heavy atom. The first-order valence-corrected chi connectivity index (χ1v) is 5.78. The molecule has 0 spiro atoms. The van der Waals surface area contributed by atoms with Crippen LogP contribution in [0.4, 0.5) is 5.69 Å². The number of carbonyl (C=O) groups excluding carboxylic acids is 1. The molecule has 0 fully saturated rings. The van der Waals surface area contributed by atoms with Crippen LogP contribution in [0.25, 0.3) is 0 Å².